The van der Waals surface area contributed by atoms with Gasteiger partial charge in [0, 0.05) is 12.6 Å². The van der Waals surface area contributed by atoms with Crippen LogP contribution >= 0.6 is 0 Å². The second kappa shape index (κ2) is 4.73. The average Bonchev–Trinajstić information content (AvgIpc) is 1.85. The highest BCUT2D eigenvalue weighted by atomic mass is 16.1. The van der Waals surface area contributed by atoms with Crippen molar-refractivity contribution in [3.8, 4) is 0 Å². The van der Waals surface area contributed by atoms with Crippen molar-refractivity contribution >= 4 is 11.7 Å². The monoisotopic (exact) mass is 141 g/mol. The molecule has 3 heteroatoms. The zero-order valence-electron chi connectivity index (χ0n) is 6.18. The van der Waals surface area contributed by atoms with Crippen LogP contribution in [0.2, 0.25) is 0 Å². The van der Waals surface area contributed by atoms with Crippen molar-refractivity contribution in [2.45, 2.75) is 13.8 Å². The summed E-state index contributed by atoms with van der Waals surface area (Å²) in [6.07, 6.45) is 2.47. The van der Waals surface area contributed by atoms with E-state index in [0.717, 1.165) is 0 Å². The molecule has 0 heterocycles. The van der Waals surface area contributed by atoms with E-state index in [1.54, 1.807) is 0 Å². The molecule has 0 saturated heterocycles. The van der Waals surface area contributed by atoms with E-state index in [1.807, 2.05) is 6.92 Å². The van der Waals surface area contributed by atoms with E-state index in [4.69, 9.17) is 0 Å². The Morgan fingerprint density at radius 2 is 2.00 bits per heavy atom. The first-order valence-corrected chi connectivity index (χ1v) is 3.13. The summed E-state index contributed by atoms with van der Waals surface area (Å²) in [5.41, 5.74) is 0. The van der Waals surface area contributed by atoms with Crippen molar-refractivity contribution in [2.24, 2.45) is 0 Å². The number of carbonyl (C=O) groups excluding carboxylic acids is 2. The summed E-state index contributed by atoms with van der Waals surface area (Å²) in [5.74, 6) is -0.344. The Hall–Kier alpha value is -1.12. The molecule has 56 valence electrons. The molecule has 0 radical (unpaired) electrons. The Balaban J connectivity index is 3.67. The molecular weight excluding hydrogens is 130 g/mol. The van der Waals surface area contributed by atoms with Gasteiger partial charge < -0.3 is 5.32 Å². The Kier molecular flexibility index (Phi) is 4.20. The summed E-state index contributed by atoms with van der Waals surface area (Å²) in [6.45, 7) is 3.80. The summed E-state index contributed by atoms with van der Waals surface area (Å²) < 4.78 is 0. The van der Waals surface area contributed by atoms with Crippen LogP contribution in [0.3, 0.4) is 0 Å². The summed E-state index contributed by atoms with van der Waals surface area (Å²) in [5, 5.41) is 2.52. The van der Waals surface area contributed by atoms with Crippen molar-refractivity contribution in [2.75, 3.05) is 6.54 Å². The Morgan fingerprint density at radius 3 is 2.40 bits per heavy atom. The molecule has 0 fully saturated rings. The predicted molar refractivity (Wildman–Crippen MR) is 38.5 cm³/mol. The van der Waals surface area contributed by atoms with E-state index in [0.29, 0.717) is 6.54 Å². The van der Waals surface area contributed by atoms with Gasteiger partial charge in [0.15, 0.2) is 5.78 Å². The van der Waals surface area contributed by atoms with Crippen LogP contribution in [0.25, 0.3) is 0 Å². The van der Waals surface area contributed by atoms with Gasteiger partial charge >= 0.3 is 0 Å². The third kappa shape index (κ3) is 5.03. The zero-order chi connectivity index (χ0) is 7.98. The van der Waals surface area contributed by atoms with Crippen molar-refractivity contribution in [3.05, 3.63) is 12.2 Å². The van der Waals surface area contributed by atoms with Gasteiger partial charge in [0.2, 0.25) is 5.91 Å². The summed E-state index contributed by atoms with van der Waals surface area (Å²) in [6, 6.07) is 0. The first-order chi connectivity index (χ1) is 4.66. The lowest BCUT2D eigenvalue weighted by Gasteiger charge is -1.92. The van der Waals surface area contributed by atoms with Crippen molar-refractivity contribution in [3.63, 3.8) is 0 Å². The normalized spacial score (nSPS) is 9.80. The van der Waals surface area contributed by atoms with Crippen LogP contribution in [0, 0.1) is 0 Å². The number of hydrogen-bond donors (Lipinski definition) is 1. The minimum absolute atomic E-state index is 0.119. The Morgan fingerprint density at radius 1 is 1.40 bits per heavy atom. The van der Waals surface area contributed by atoms with Crippen LogP contribution < -0.4 is 5.32 Å². The fourth-order valence-corrected chi connectivity index (χ4v) is 0.426. The maximum atomic E-state index is 10.6. The lowest BCUT2D eigenvalue weighted by atomic mass is 10.4. The summed E-state index contributed by atoms with van der Waals surface area (Å²) >= 11 is 0. The minimum Gasteiger partial charge on any atom is -0.353 e. The van der Waals surface area contributed by atoms with E-state index < -0.39 is 0 Å². The van der Waals surface area contributed by atoms with Gasteiger partial charge in [-0.2, -0.15) is 0 Å². The van der Waals surface area contributed by atoms with E-state index in [9.17, 15) is 9.59 Å². The minimum atomic E-state index is -0.224. The van der Waals surface area contributed by atoms with Gasteiger partial charge in [-0.1, -0.05) is 0 Å². The fourth-order valence-electron chi connectivity index (χ4n) is 0.426. The van der Waals surface area contributed by atoms with Crippen molar-refractivity contribution < 1.29 is 9.59 Å². The number of likely N-dealkylation sites (N-methyl/N-ethyl adjacent to an activating group) is 1. The van der Waals surface area contributed by atoms with Gasteiger partial charge in [-0.15, -0.1) is 0 Å². The summed E-state index contributed by atoms with van der Waals surface area (Å²) in [4.78, 5) is 20.9. The Bertz CT molecular complexity index is 161. The Labute approximate surface area is 60.1 Å². The molecule has 0 spiro atoms. The number of carbonyl (C=O) groups is 2. The molecule has 0 bridgehead atoms. The fraction of sp³-hybridized carbons (Fsp3) is 0.429. The van der Waals surface area contributed by atoms with Gasteiger partial charge in [0.1, 0.15) is 0 Å². The first kappa shape index (κ1) is 8.88. The second-order valence-electron chi connectivity index (χ2n) is 1.84. The zero-order valence-corrected chi connectivity index (χ0v) is 6.18. The molecule has 0 aliphatic heterocycles. The molecule has 0 saturated carbocycles. The quantitative estimate of drug-likeness (QED) is 0.573. The van der Waals surface area contributed by atoms with Gasteiger partial charge in [-0.25, -0.2) is 0 Å². The molecule has 1 amide bonds. The molecule has 3 nitrogen and oxygen atoms in total. The third-order valence-corrected chi connectivity index (χ3v) is 0.820. The largest absolute Gasteiger partial charge is 0.353 e. The predicted octanol–water partition coefficient (Wildman–Crippen LogP) is 0.268. The highest BCUT2D eigenvalue weighted by Crippen LogP contribution is 1.74. The van der Waals surface area contributed by atoms with Crippen LogP contribution in [0.15, 0.2) is 12.2 Å². The first-order valence-electron chi connectivity index (χ1n) is 3.13. The van der Waals surface area contributed by atoms with Crippen LogP contribution in [-0.4, -0.2) is 18.2 Å². The van der Waals surface area contributed by atoms with Gasteiger partial charge in [0.05, 0.1) is 0 Å². The van der Waals surface area contributed by atoms with Crippen molar-refractivity contribution in [1.82, 2.24) is 5.32 Å². The lowest BCUT2D eigenvalue weighted by molar-refractivity contribution is -0.117. The lowest BCUT2D eigenvalue weighted by Crippen LogP contribution is -2.20. The van der Waals surface area contributed by atoms with Gasteiger partial charge in [-0.3, -0.25) is 9.59 Å². The molecular formula is C7H11NO2. The number of amides is 1. The van der Waals surface area contributed by atoms with E-state index in [1.165, 1.54) is 19.1 Å². The third-order valence-electron chi connectivity index (χ3n) is 0.820. The number of ketones is 1. The SMILES string of the molecule is CCNC(=O)/C=C/C(C)=O. The summed E-state index contributed by atoms with van der Waals surface area (Å²) in [7, 11) is 0. The molecule has 0 aliphatic rings. The maximum absolute atomic E-state index is 10.6. The van der Waals surface area contributed by atoms with E-state index in [-0.39, 0.29) is 11.7 Å². The van der Waals surface area contributed by atoms with Crippen LogP contribution in [0.4, 0.5) is 0 Å². The molecule has 10 heavy (non-hydrogen) atoms. The molecule has 0 aliphatic carbocycles. The molecule has 0 rings (SSSR count). The highest BCUT2D eigenvalue weighted by Gasteiger charge is 1.90. The van der Waals surface area contributed by atoms with Crippen molar-refractivity contribution in [1.29, 1.82) is 0 Å². The van der Waals surface area contributed by atoms with E-state index >= 15 is 0 Å². The average molecular weight is 141 g/mol. The molecule has 0 aromatic carbocycles. The second-order valence-corrected chi connectivity index (χ2v) is 1.84. The maximum Gasteiger partial charge on any atom is 0.244 e. The molecule has 0 aromatic heterocycles. The van der Waals surface area contributed by atoms with Crippen LogP contribution in [0.1, 0.15) is 13.8 Å². The highest BCUT2D eigenvalue weighted by molar-refractivity contribution is 5.96. The number of rotatable bonds is 3. The molecule has 0 atom stereocenters. The molecule has 0 aromatic rings. The smallest absolute Gasteiger partial charge is 0.244 e. The standard InChI is InChI=1S/C7H11NO2/c1-3-8-7(10)5-4-6(2)9/h4-5H,3H2,1-2H3,(H,8,10)/b5-4+. The topological polar surface area (TPSA) is 46.2 Å². The molecule has 1 N–H and O–H groups in total. The number of nitrogens with one attached hydrogen (secondary N) is 1. The van der Waals surface area contributed by atoms with Crippen LogP contribution in [0.5, 0.6) is 0 Å². The molecule has 0 unspecified atom stereocenters. The van der Waals surface area contributed by atoms with E-state index in [2.05, 4.69) is 5.32 Å². The number of allylic oxidation sites excluding steroid dienone is 1. The number of hydrogen-bond acceptors (Lipinski definition) is 2. The van der Waals surface area contributed by atoms with Gasteiger partial charge in [-0.05, 0) is 19.9 Å². The van der Waals surface area contributed by atoms with Crippen LogP contribution in [-0.2, 0) is 9.59 Å². The van der Waals surface area contributed by atoms with Gasteiger partial charge in [0.25, 0.3) is 0 Å².